The van der Waals surface area contributed by atoms with Crippen molar-refractivity contribution in [3.8, 4) is 11.9 Å². The quantitative estimate of drug-likeness (QED) is 0.403. The second kappa shape index (κ2) is 10.6. The monoisotopic (exact) mass is 478 g/mol. The number of hydrogen-bond acceptors (Lipinski definition) is 6. The highest BCUT2D eigenvalue weighted by atomic mass is 16.5. The molecule has 6 heteroatoms. The number of aromatic nitrogens is 1. The van der Waals surface area contributed by atoms with Gasteiger partial charge in [-0.2, -0.15) is 5.26 Å². The molecule has 2 N–H and O–H groups in total. The molecule has 2 unspecified atom stereocenters. The second-order valence-electron chi connectivity index (χ2n) is 11.5. The minimum atomic E-state index is 0.0999. The van der Waals surface area contributed by atoms with Crippen LogP contribution in [0.15, 0.2) is 23.9 Å². The Kier molecular flexibility index (Phi) is 7.48. The number of nitrogens with one attached hydrogen (secondary N) is 2. The van der Waals surface area contributed by atoms with E-state index in [1.165, 1.54) is 51.4 Å². The number of ether oxygens (including phenoxy) is 2. The Hall–Kier alpha value is -1.94. The van der Waals surface area contributed by atoms with E-state index in [4.69, 9.17) is 9.47 Å². The summed E-state index contributed by atoms with van der Waals surface area (Å²) in [6.07, 6.45) is 18.2. The van der Waals surface area contributed by atoms with E-state index in [0.717, 1.165) is 43.9 Å². The van der Waals surface area contributed by atoms with Crippen LogP contribution in [0.4, 0.5) is 0 Å². The minimum Gasteiger partial charge on any atom is -0.480 e. The normalized spacial score (nSPS) is 30.5. The van der Waals surface area contributed by atoms with Crippen molar-refractivity contribution in [2.45, 2.75) is 102 Å². The first kappa shape index (κ1) is 24.7. The summed E-state index contributed by atoms with van der Waals surface area (Å²) >= 11 is 0. The van der Waals surface area contributed by atoms with Crippen molar-refractivity contribution < 1.29 is 9.47 Å². The SMILES string of the molecule is COc1ncc(CNCCC2(C3CC=C(C4CCC4)[C@H](C)N3)CCOC3(CCCC3)C2)cc1C#N. The summed E-state index contributed by atoms with van der Waals surface area (Å²) in [5, 5.41) is 17.1. The van der Waals surface area contributed by atoms with Gasteiger partial charge in [0.05, 0.1) is 12.7 Å². The molecule has 190 valence electrons. The van der Waals surface area contributed by atoms with Crippen LogP contribution in [0.5, 0.6) is 5.88 Å². The van der Waals surface area contributed by atoms with Crippen molar-refractivity contribution in [1.82, 2.24) is 15.6 Å². The van der Waals surface area contributed by atoms with Crippen LogP contribution < -0.4 is 15.4 Å². The van der Waals surface area contributed by atoms with Crippen LogP contribution in [0.1, 0.15) is 88.7 Å². The van der Waals surface area contributed by atoms with E-state index < -0.39 is 0 Å². The lowest BCUT2D eigenvalue weighted by Gasteiger charge is -2.53. The molecule has 1 saturated heterocycles. The maximum absolute atomic E-state index is 9.37. The van der Waals surface area contributed by atoms with Gasteiger partial charge in [-0.1, -0.05) is 30.9 Å². The average Bonchev–Trinajstić information content (AvgIpc) is 3.28. The third-order valence-corrected chi connectivity index (χ3v) is 9.40. The molecule has 0 amide bonds. The van der Waals surface area contributed by atoms with E-state index in [0.29, 0.717) is 30.1 Å². The molecule has 2 aliphatic carbocycles. The molecule has 2 aliphatic heterocycles. The summed E-state index contributed by atoms with van der Waals surface area (Å²) in [6.45, 7) is 4.94. The summed E-state index contributed by atoms with van der Waals surface area (Å²) in [6, 6.07) is 5.07. The standard InChI is InChI=1S/C29H42N4O2/c1-21-25(23-6-5-7-23)8-9-26(33-21)28(13-15-35-29(20-28)10-3-4-11-29)12-14-31-18-22-16-24(17-30)27(34-2)32-19-22/h8,16,19,21,23,26,31,33H,3-7,9-15,18,20H2,1-2H3/t21-,26?,28?/m0/s1. The first-order valence-electron chi connectivity index (χ1n) is 13.8. The number of pyridine rings is 1. The van der Waals surface area contributed by atoms with Crippen molar-refractivity contribution in [2.75, 3.05) is 20.3 Å². The fourth-order valence-electron chi connectivity index (χ4n) is 7.27. The molecule has 3 fully saturated rings. The molecule has 3 heterocycles. The Balaban J connectivity index is 1.27. The highest BCUT2D eigenvalue weighted by molar-refractivity contribution is 5.39. The zero-order valence-electron chi connectivity index (χ0n) is 21.6. The van der Waals surface area contributed by atoms with Gasteiger partial charge in [0.1, 0.15) is 11.6 Å². The highest BCUT2D eigenvalue weighted by Gasteiger charge is 2.51. The molecule has 4 aliphatic rings. The van der Waals surface area contributed by atoms with Gasteiger partial charge in [0, 0.05) is 31.4 Å². The summed E-state index contributed by atoms with van der Waals surface area (Å²) < 4.78 is 11.7. The zero-order valence-corrected chi connectivity index (χ0v) is 21.6. The molecule has 6 nitrogen and oxygen atoms in total. The van der Waals surface area contributed by atoms with Crippen LogP contribution in [0, 0.1) is 22.7 Å². The lowest BCUT2D eigenvalue weighted by molar-refractivity contribution is -0.134. The average molecular weight is 479 g/mol. The first-order chi connectivity index (χ1) is 17.1. The largest absolute Gasteiger partial charge is 0.480 e. The molecular formula is C29H42N4O2. The summed E-state index contributed by atoms with van der Waals surface area (Å²) in [4.78, 5) is 4.30. The van der Waals surface area contributed by atoms with Crippen LogP contribution in [-0.4, -0.2) is 42.9 Å². The molecule has 1 aromatic rings. The van der Waals surface area contributed by atoms with Crippen molar-refractivity contribution in [2.24, 2.45) is 11.3 Å². The fourth-order valence-corrected chi connectivity index (χ4v) is 7.27. The summed E-state index contributed by atoms with van der Waals surface area (Å²) in [7, 11) is 1.55. The molecule has 1 spiro atoms. The first-order valence-corrected chi connectivity index (χ1v) is 13.8. The van der Waals surface area contributed by atoms with Gasteiger partial charge in [0.15, 0.2) is 0 Å². The Morgan fingerprint density at radius 3 is 2.77 bits per heavy atom. The highest BCUT2D eigenvalue weighted by Crippen LogP contribution is 2.52. The van der Waals surface area contributed by atoms with E-state index in [1.54, 1.807) is 12.7 Å². The predicted octanol–water partition coefficient (Wildman–Crippen LogP) is 5.03. The molecular weight excluding hydrogens is 436 g/mol. The third-order valence-electron chi connectivity index (χ3n) is 9.40. The zero-order chi connectivity index (χ0) is 24.3. The third kappa shape index (κ3) is 5.14. The molecule has 0 radical (unpaired) electrons. The van der Waals surface area contributed by atoms with Gasteiger partial charge in [0.2, 0.25) is 5.88 Å². The Morgan fingerprint density at radius 1 is 1.26 bits per heavy atom. The van der Waals surface area contributed by atoms with Gasteiger partial charge in [-0.3, -0.25) is 0 Å². The van der Waals surface area contributed by atoms with Gasteiger partial charge in [-0.25, -0.2) is 4.98 Å². The Bertz CT molecular complexity index is 960. The van der Waals surface area contributed by atoms with Crippen molar-refractivity contribution in [3.05, 3.63) is 35.0 Å². The van der Waals surface area contributed by atoms with Gasteiger partial charge < -0.3 is 20.1 Å². The van der Waals surface area contributed by atoms with Crippen molar-refractivity contribution in [1.29, 1.82) is 5.26 Å². The van der Waals surface area contributed by atoms with E-state index >= 15 is 0 Å². The van der Waals surface area contributed by atoms with Gasteiger partial charge >= 0.3 is 0 Å². The molecule has 5 rings (SSSR count). The van der Waals surface area contributed by atoms with Crippen molar-refractivity contribution >= 4 is 0 Å². The second-order valence-corrected chi connectivity index (χ2v) is 11.5. The van der Waals surface area contributed by atoms with Crippen LogP contribution >= 0.6 is 0 Å². The van der Waals surface area contributed by atoms with Gasteiger partial charge in [-0.15, -0.1) is 0 Å². The lowest BCUT2D eigenvalue weighted by atomic mass is 9.63. The number of methoxy groups -OCH3 is 1. The van der Waals surface area contributed by atoms with Crippen LogP contribution in [0.3, 0.4) is 0 Å². The maximum Gasteiger partial charge on any atom is 0.231 e. The molecule has 0 bridgehead atoms. The summed E-state index contributed by atoms with van der Waals surface area (Å²) in [5.74, 6) is 1.22. The van der Waals surface area contributed by atoms with E-state index in [-0.39, 0.29) is 11.0 Å². The van der Waals surface area contributed by atoms with E-state index in [1.807, 2.05) is 12.3 Å². The van der Waals surface area contributed by atoms with Crippen molar-refractivity contribution in [3.63, 3.8) is 0 Å². The van der Waals surface area contributed by atoms with E-state index in [2.05, 4.69) is 34.7 Å². The van der Waals surface area contributed by atoms with Gasteiger partial charge in [-0.05, 0) is 87.8 Å². The molecule has 3 atom stereocenters. The number of nitriles is 1. The molecule has 1 aromatic heterocycles. The topological polar surface area (TPSA) is 79.2 Å². The molecule has 0 aromatic carbocycles. The predicted molar refractivity (Wildman–Crippen MR) is 137 cm³/mol. The minimum absolute atomic E-state index is 0.0999. The lowest BCUT2D eigenvalue weighted by Crippen LogP contribution is -2.57. The van der Waals surface area contributed by atoms with Crippen LogP contribution in [0.2, 0.25) is 0 Å². The van der Waals surface area contributed by atoms with Crippen LogP contribution in [0.25, 0.3) is 0 Å². The van der Waals surface area contributed by atoms with E-state index in [9.17, 15) is 5.26 Å². The summed E-state index contributed by atoms with van der Waals surface area (Å²) in [5.41, 5.74) is 3.53. The molecule has 35 heavy (non-hydrogen) atoms. The number of nitrogens with zero attached hydrogens (tertiary/aromatic N) is 2. The van der Waals surface area contributed by atoms with Gasteiger partial charge in [0.25, 0.3) is 0 Å². The Labute approximate surface area is 210 Å². The maximum atomic E-state index is 9.37. The number of rotatable bonds is 8. The smallest absolute Gasteiger partial charge is 0.231 e. The Morgan fingerprint density at radius 2 is 2.09 bits per heavy atom. The number of hydrogen-bond donors (Lipinski definition) is 2. The van der Waals surface area contributed by atoms with Crippen LogP contribution in [-0.2, 0) is 11.3 Å². The molecule has 2 saturated carbocycles. The fraction of sp³-hybridized carbons (Fsp3) is 0.724.